The molecule has 4 heteroatoms. The SMILES string of the molecule is Cc1c(C)c([Si]C(C)(C)C(C)C)c(C)c2c1OC(C)(C(=O)O)CC2. The Morgan fingerprint density at radius 2 is 1.79 bits per heavy atom. The highest BCUT2D eigenvalue weighted by atomic mass is 28.2. The van der Waals surface area contributed by atoms with Crippen LogP contribution in [0.2, 0.25) is 5.04 Å². The van der Waals surface area contributed by atoms with Crippen LogP contribution in [0.15, 0.2) is 0 Å². The number of carboxylic acid groups (broad SMARTS) is 1. The van der Waals surface area contributed by atoms with Crippen LogP contribution in [0, 0.1) is 26.7 Å². The van der Waals surface area contributed by atoms with Gasteiger partial charge in [0.25, 0.3) is 0 Å². The van der Waals surface area contributed by atoms with Gasteiger partial charge in [0.05, 0.1) is 9.52 Å². The van der Waals surface area contributed by atoms with Crippen molar-refractivity contribution in [2.24, 2.45) is 5.92 Å². The first-order chi connectivity index (χ1) is 10.9. The third kappa shape index (κ3) is 3.13. The van der Waals surface area contributed by atoms with Crippen molar-refractivity contribution >= 4 is 20.7 Å². The van der Waals surface area contributed by atoms with Crippen LogP contribution in [0.4, 0.5) is 0 Å². The highest BCUT2D eigenvalue weighted by Crippen LogP contribution is 2.40. The maximum absolute atomic E-state index is 11.6. The zero-order valence-corrected chi connectivity index (χ0v) is 17.3. The van der Waals surface area contributed by atoms with Crippen LogP contribution in [0.25, 0.3) is 0 Å². The zero-order valence-electron chi connectivity index (χ0n) is 16.3. The Bertz CT molecular complexity index is 676. The van der Waals surface area contributed by atoms with Gasteiger partial charge in [0.1, 0.15) is 5.75 Å². The van der Waals surface area contributed by atoms with Crippen molar-refractivity contribution in [2.75, 3.05) is 0 Å². The highest BCUT2D eigenvalue weighted by Gasteiger charge is 2.41. The number of fused-ring (bicyclic) bond motifs is 1. The fraction of sp³-hybridized carbons (Fsp3) is 0.650. The summed E-state index contributed by atoms with van der Waals surface area (Å²) in [5.41, 5.74) is 3.75. The van der Waals surface area contributed by atoms with Crippen LogP contribution in [0.5, 0.6) is 5.75 Å². The van der Waals surface area contributed by atoms with Crippen LogP contribution in [0.3, 0.4) is 0 Å². The van der Waals surface area contributed by atoms with Crippen molar-refractivity contribution in [1.29, 1.82) is 0 Å². The zero-order chi connectivity index (χ0) is 18.4. The summed E-state index contributed by atoms with van der Waals surface area (Å²) < 4.78 is 6.01. The van der Waals surface area contributed by atoms with E-state index in [2.05, 4.69) is 48.5 Å². The topological polar surface area (TPSA) is 46.5 Å². The Morgan fingerprint density at radius 1 is 1.21 bits per heavy atom. The van der Waals surface area contributed by atoms with Gasteiger partial charge in [-0.2, -0.15) is 0 Å². The average Bonchev–Trinajstić information content (AvgIpc) is 2.49. The second-order valence-electron chi connectivity index (χ2n) is 8.20. The lowest BCUT2D eigenvalue weighted by molar-refractivity contribution is -0.155. The largest absolute Gasteiger partial charge is 0.478 e. The molecule has 0 saturated heterocycles. The van der Waals surface area contributed by atoms with Crippen LogP contribution in [0.1, 0.15) is 63.3 Å². The number of benzene rings is 1. The second-order valence-corrected chi connectivity index (χ2v) is 10.2. The van der Waals surface area contributed by atoms with Gasteiger partial charge in [-0.05, 0) is 67.3 Å². The predicted molar refractivity (Wildman–Crippen MR) is 99.9 cm³/mol. The first-order valence-corrected chi connectivity index (χ1v) is 9.74. The summed E-state index contributed by atoms with van der Waals surface area (Å²) in [5.74, 6) is 0.532. The molecule has 132 valence electrons. The monoisotopic (exact) mass is 346 g/mol. The number of ether oxygens (including phenoxy) is 1. The molecule has 1 aromatic carbocycles. The highest BCUT2D eigenvalue weighted by molar-refractivity contribution is 6.58. The molecule has 1 atom stereocenters. The molecular weight excluding hydrogens is 316 g/mol. The molecule has 0 fully saturated rings. The number of rotatable bonds is 4. The maximum Gasteiger partial charge on any atom is 0.347 e. The first-order valence-electron chi connectivity index (χ1n) is 8.74. The van der Waals surface area contributed by atoms with Crippen molar-refractivity contribution in [2.45, 2.75) is 78.9 Å². The molecule has 0 bridgehead atoms. The summed E-state index contributed by atoms with van der Waals surface area (Å²) >= 11 is 0. The maximum atomic E-state index is 11.6. The van der Waals surface area contributed by atoms with E-state index in [9.17, 15) is 9.90 Å². The minimum atomic E-state index is -1.11. The molecule has 0 amide bonds. The van der Waals surface area contributed by atoms with Crippen molar-refractivity contribution in [3.8, 4) is 5.75 Å². The molecule has 3 nitrogen and oxygen atoms in total. The van der Waals surface area contributed by atoms with Crippen molar-refractivity contribution in [3.05, 3.63) is 22.3 Å². The molecule has 1 N–H and O–H groups in total. The van der Waals surface area contributed by atoms with E-state index in [4.69, 9.17) is 4.74 Å². The normalized spacial score (nSPS) is 20.7. The van der Waals surface area contributed by atoms with Crippen molar-refractivity contribution in [1.82, 2.24) is 0 Å². The van der Waals surface area contributed by atoms with Gasteiger partial charge >= 0.3 is 5.97 Å². The lowest BCUT2D eigenvalue weighted by Crippen LogP contribution is -2.45. The lowest BCUT2D eigenvalue weighted by Gasteiger charge is -2.36. The molecule has 0 aromatic heterocycles. The van der Waals surface area contributed by atoms with Gasteiger partial charge < -0.3 is 9.84 Å². The molecule has 0 aliphatic carbocycles. The molecule has 1 aliphatic rings. The minimum Gasteiger partial charge on any atom is -0.478 e. The predicted octanol–water partition coefficient (Wildman–Crippen LogP) is 3.96. The smallest absolute Gasteiger partial charge is 0.347 e. The second kappa shape index (κ2) is 6.21. The molecule has 1 aromatic rings. The molecule has 1 aliphatic heterocycles. The van der Waals surface area contributed by atoms with E-state index in [0.717, 1.165) is 27.3 Å². The van der Waals surface area contributed by atoms with E-state index in [1.165, 1.54) is 21.9 Å². The summed E-state index contributed by atoms with van der Waals surface area (Å²) in [6.07, 6.45) is 1.29. The van der Waals surface area contributed by atoms with Crippen LogP contribution in [-0.4, -0.2) is 26.2 Å². The molecule has 24 heavy (non-hydrogen) atoms. The minimum absolute atomic E-state index is 0.251. The van der Waals surface area contributed by atoms with Gasteiger partial charge in [-0.15, -0.1) is 0 Å². The third-order valence-corrected chi connectivity index (χ3v) is 8.12. The molecule has 0 spiro atoms. The Kier molecular flexibility index (Phi) is 4.93. The van der Waals surface area contributed by atoms with Gasteiger partial charge in [-0.1, -0.05) is 32.9 Å². The number of hydrogen-bond acceptors (Lipinski definition) is 2. The van der Waals surface area contributed by atoms with Crippen molar-refractivity contribution in [3.63, 3.8) is 0 Å². The lowest BCUT2D eigenvalue weighted by atomic mass is 9.87. The molecule has 1 unspecified atom stereocenters. The van der Waals surface area contributed by atoms with Gasteiger partial charge in [0, 0.05) is 6.42 Å². The molecule has 2 rings (SSSR count). The van der Waals surface area contributed by atoms with E-state index in [-0.39, 0.29) is 5.04 Å². The van der Waals surface area contributed by atoms with Crippen LogP contribution < -0.4 is 9.92 Å². The summed E-state index contributed by atoms with van der Waals surface area (Å²) in [6.45, 7) is 17.3. The average molecular weight is 347 g/mol. The molecule has 1 heterocycles. The van der Waals surface area contributed by atoms with Gasteiger partial charge in [-0.25, -0.2) is 4.79 Å². The Morgan fingerprint density at radius 3 is 2.29 bits per heavy atom. The van der Waals surface area contributed by atoms with Gasteiger partial charge in [-0.3, -0.25) is 0 Å². The van der Waals surface area contributed by atoms with Crippen LogP contribution >= 0.6 is 0 Å². The Hall–Kier alpha value is -1.29. The van der Waals surface area contributed by atoms with Gasteiger partial charge in [0.15, 0.2) is 0 Å². The van der Waals surface area contributed by atoms with Crippen LogP contribution in [-0.2, 0) is 11.2 Å². The summed E-state index contributed by atoms with van der Waals surface area (Å²) in [5, 5.41) is 11.2. The van der Waals surface area contributed by atoms with E-state index in [1.807, 2.05) is 0 Å². The van der Waals surface area contributed by atoms with Gasteiger partial charge in [0.2, 0.25) is 5.60 Å². The van der Waals surface area contributed by atoms with E-state index in [1.54, 1.807) is 6.92 Å². The molecular formula is C20H30O3Si. The molecule has 2 radical (unpaired) electrons. The Balaban J connectivity index is 2.54. The third-order valence-electron chi connectivity index (χ3n) is 5.90. The standard InChI is InChI=1S/C20H30O3Si/c1-11(2)19(6,7)24-17-13(4)12(3)16-15(14(17)5)9-10-20(8,23-16)18(21)22/h11H,9-10H2,1-8H3,(H,21,22). The number of hydrogen-bond donors (Lipinski definition) is 1. The Labute approximate surface area is 148 Å². The first kappa shape index (κ1) is 19.0. The fourth-order valence-corrected chi connectivity index (χ4v) is 4.72. The summed E-state index contributed by atoms with van der Waals surface area (Å²) in [6, 6.07) is 0. The number of carboxylic acids is 1. The fourth-order valence-electron chi connectivity index (χ4n) is 3.07. The summed E-state index contributed by atoms with van der Waals surface area (Å²) in [4.78, 5) is 11.6. The quantitative estimate of drug-likeness (QED) is 0.839. The summed E-state index contributed by atoms with van der Waals surface area (Å²) in [7, 11) is 0.736. The van der Waals surface area contributed by atoms with E-state index in [0.29, 0.717) is 12.3 Å². The molecule has 0 saturated carbocycles. The van der Waals surface area contributed by atoms with Crippen molar-refractivity contribution < 1.29 is 14.6 Å². The number of aliphatic carboxylic acids is 1. The van der Waals surface area contributed by atoms with E-state index < -0.39 is 11.6 Å². The number of carbonyl (C=O) groups is 1. The van der Waals surface area contributed by atoms with E-state index >= 15 is 0 Å².